The molecule has 0 bridgehead atoms. The summed E-state index contributed by atoms with van der Waals surface area (Å²) in [5, 5.41) is 2.20. The Balaban J connectivity index is 1.88. The fourth-order valence-corrected chi connectivity index (χ4v) is 3.76. The van der Waals surface area contributed by atoms with Gasteiger partial charge in [0.05, 0.1) is 11.1 Å². The lowest BCUT2D eigenvalue weighted by molar-refractivity contribution is -0.136. The van der Waals surface area contributed by atoms with Gasteiger partial charge < -0.3 is 10.6 Å². The minimum absolute atomic E-state index is 0.102. The van der Waals surface area contributed by atoms with Gasteiger partial charge in [-0.1, -0.05) is 12.1 Å². The summed E-state index contributed by atoms with van der Waals surface area (Å²) in [6.07, 6.45) is 0.248. The molecule has 0 aliphatic carbocycles. The number of benzene rings is 1. The Kier molecular flexibility index (Phi) is 4.88. The minimum Gasteiger partial charge on any atom is -0.324 e. The third kappa shape index (κ3) is 3.77. The summed E-state index contributed by atoms with van der Waals surface area (Å²) < 4.78 is 0. The summed E-state index contributed by atoms with van der Waals surface area (Å²) >= 11 is 0. The molecule has 8 heteroatoms. The molecule has 3 rings (SSSR count). The number of hydrogen-bond donors (Lipinski definition) is 2. The van der Waals surface area contributed by atoms with Crippen molar-refractivity contribution in [3.63, 3.8) is 0 Å². The number of carbonyl (C=O) groups is 4. The molecule has 0 radical (unpaired) electrons. The molecule has 0 spiro atoms. The highest BCUT2D eigenvalue weighted by Crippen LogP contribution is 2.30. The van der Waals surface area contributed by atoms with E-state index in [0.29, 0.717) is 29.8 Å². The Morgan fingerprint density at radius 1 is 1.22 bits per heavy atom. The van der Waals surface area contributed by atoms with Crippen LogP contribution in [-0.2, 0) is 16.1 Å². The van der Waals surface area contributed by atoms with Gasteiger partial charge in [0.15, 0.2) is 0 Å². The Morgan fingerprint density at radius 2 is 1.93 bits per heavy atom. The fourth-order valence-electron chi connectivity index (χ4n) is 3.76. The first-order valence-electron chi connectivity index (χ1n) is 8.89. The van der Waals surface area contributed by atoms with E-state index in [1.165, 1.54) is 0 Å². The number of nitrogens with two attached hydrogens (primary N) is 1. The summed E-state index contributed by atoms with van der Waals surface area (Å²) in [6.45, 7) is 4.89. The van der Waals surface area contributed by atoms with E-state index in [1.807, 2.05) is 25.8 Å². The van der Waals surface area contributed by atoms with Crippen molar-refractivity contribution < 1.29 is 19.2 Å². The van der Waals surface area contributed by atoms with Gasteiger partial charge in [0.2, 0.25) is 11.8 Å². The van der Waals surface area contributed by atoms with Crippen molar-refractivity contribution in [2.75, 3.05) is 13.6 Å². The second-order valence-electron chi connectivity index (χ2n) is 7.95. The third-order valence-electron chi connectivity index (χ3n) is 4.67. The molecule has 1 aromatic rings. The van der Waals surface area contributed by atoms with Crippen LogP contribution in [0.15, 0.2) is 18.2 Å². The molecule has 2 aliphatic heterocycles. The summed E-state index contributed by atoms with van der Waals surface area (Å²) in [4.78, 5) is 52.3. The van der Waals surface area contributed by atoms with Crippen LogP contribution < -0.4 is 11.1 Å². The largest absolute Gasteiger partial charge is 0.324 e. The average molecular weight is 372 g/mol. The van der Waals surface area contributed by atoms with Gasteiger partial charge in [0, 0.05) is 25.0 Å². The number of nitrogens with one attached hydrogen (secondary N) is 1. The number of hydrogen-bond acceptors (Lipinski definition) is 6. The van der Waals surface area contributed by atoms with Crippen molar-refractivity contribution in [1.29, 1.82) is 0 Å². The van der Waals surface area contributed by atoms with Crippen LogP contribution in [0.25, 0.3) is 0 Å². The fraction of sp³-hybridized carbons (Fsp3) is 0.474. The highest BCUT2D eigenvalue weighted by atomic mass is 16.2. The number of nitrogens with zero attached hydrogens (tertiary/aromatic N) is 2. The first-order valence-corrected chi connectivity index (χ1v) is 8.89. The summed E-state index contributed by atoms with van der Waals surface area (Å²) in [5.74, 6) is -1.97. The molecule has 1 saturated heterocycles. The maximum absolute atomic E-state index is 13.0. The molecule has 2 aliphatic rings. The Morgan fingerprint density at radius 3 is 2.56 bits per heavy atom. The Bertz CT molecular complexity index is 827. The van der Waals surface area contributed by atoms with Gasteiger partial charge in [-0.25, -0.2) is 0 Å². The van der Waals surface area contributed by atoms with Crippen molar-refractivity contribution >= 4 is 23.6 Å². The third-order valence-corrected chi connectivity index (χ3v) is 4.67. The van der Waals surface area contributed by atoms with Gasteiger partial charge in [-0.15, -0.1) is 0 Å². The predicted molar refractivity (Wildman–Crippen MR) is 97.7 cm³/mol. The summed E-state index contributed by atoms with van der Waals surface area (Å²) in [6, 6.07) is 4.17. The van der Waals surface area contributed by atoms with E-state index in [-0.39, 0.29) is 18.7 Å². The van der Waals surface area contributed by atoms with Gasteiger partial charge in [0.1, 0.15) is 6.04 Å². The van der Waals surface area contributed by atoms with Gasteiger partial charge in [-0.2, -0.15) is 0 Å². The van der Waals surface area contributed by atoms with Crippen molar-refractivity contribution in [1.82, 2.24) is 15.1 Å². The molecule has 4 amide bonds. The molecule has 8 nitrogen and oxygen atoms in total. The lowest BCUT2D eigenvalue weighted by Gasteiger charge is -2.28. The maximum Gasteiger partial charge on any atom is 0.262 e. The van der Waals surface area contributed by atoms with Crippen LogP contribution in [0.3, 0.4) is 0 Å². The SMILES string of the molecule is CN(Cc1cccc2c1C(=O)N(C1CCC(=O)NC1=O)C2=O)CC(C)(C)N. The quantitative estimate of drug-likeness (QED) is 0.717. The summed E-state index contributed by atoms with van der Waals surface area (Å²) in [7, 11) is 1.90. The monoisotopic (exact) mass is 372 g/mol. The first-order chi connectivity index (χ1) is 12.6. The van der Waals surface area contributed by atoms with Crippen LogP contribution in [0.2, 0.25) is 0 Å². The van der Waals surface area contributed by atoms with Gasteiger partial charge in [-0.05, 0) is 38.9 Å². The van der Waals surface area contributed by atoms with Crippen molar-refractivity contribution in [2.45, 2.75) is 44.8 Å². The zero-order valence-corrected chi connectivity index (χ0v) is 15.7. The van der Waals surface area contributed by atoms with E-state index in [4.69, 9.17) is 5.73 Å². The molecule has 0 saturated carbocycles. The Labute approximate surface area is 157 Å². The number of imide groups is 2. The number of amides is 4. The lowest BCUT2D eigenvalue weighted by atomic mass is 10.0. The summed E-state index contributed by atoms with van der Waals surface area (Å²) in [5.41, 5.74) is 6.99. The van der Waals surface area contributed by atoms with Crippen LogP contribution in [0.1, 0.15) is 53.0 Å². The minimum atomic E-state index is -0.955. The van der Waals surface area contributed by atoms with E-state index >= 15 is 0 Å². The van der Waals surface area contributed by atoms with Crippen LogP contribution in [0.4, 0.5) is 0 Å². The highest BCUT2D eigenvalue weighted by Gasteiger charge is 2.45. The number of rotatable bonds is 5. The van der Waals surface area contributed by atoms with Gasteiger partial charge in [-0.3, -0.25) is 29.4 Å². The molecule has 27 heavy (non-hydrogen) atoms. The molecular formula is C19H24N4O4. The standard InChI is InChI=1S/C19H24N4O4/c1-19(2,20)10-22(3)9-11-5-4-6-12-15(11)18(27)23(17(12)26)13-7-8-14(24)21-16(13)25/h4-6,13H,7-10,20H2,1-3H3,(H,21,24,25). The number of fused-ring (bicyclic) bond motifs is 1. The van der Waals surface area contributed by atoms with E-state index in [1.54, 1.807) is 18.2 Å². The molecule has 1 unspecified atom stereocenters. The normalized spacial score (nSPS) is 20.3. The molecule has 1 atom stereocenters. The first kappa shape index (κ1) is 19.2. The van der Waals surface area contributed by atoms with Crippen molar-refractivity contribution in [3.8, 4) is 0 Å². The van der Waals surface area contributed by atoms with E-state index in [0.717, 1.165) is 4.90 Å². The zero-order valence-electron chi connectivity index (χ0n) is 15.7. The second-order valence-corrected chi connectivity index (χ2v) is 7.95. The predicted octanol–water partition coefficient (Wildman–Crippen LogP) is 0.257. The lowest BCUT2D eigenvalue weighted by Crippen LogP contribution is -2.54. The topological polar surface area (TPSA) is 113 Å². The zero-order chi connectivity index (χ0) is 19.9. The van der Waals surface area contributed by atoms with E-state index < -0.39 is 29.3 Å². The average Bonchev–Trinajstić information content (AvgIpc) is 2.78. The van der Waals surface area contributed by atoms with Crippen molar-refractivity contribution in [3.05, 3.63) is 34.9 Å². The molecule has 1 aromatic carbocycles. The molecule has 3 N–H and O–H groups in total. The smallest absolute Gasteiger partial charge is 0.262 e. The van der Waals surface area contributed by atoms with Crippen LogP contribution in [0, 0.1) is 0 Å². The Hall–Kier alpha value is -2.58. The van der Waals surface area contributed by atoms with Crippen LogP contribution in [-0.4, -0.2) is 58.6 Å². The maximum atomic E-state index is 13.0. The van der Waals surface area contributed by atoms with Gasteiger partial charge in [0.25, 0.3) is 11.8 Å². The number of carbonyl (C=O) groups excluding carboxylic acids is 4. The van der Waals surface area contributed by atoms with E-state index in [2.05, 4.69) is 5.32 Å². The molecular weight excluding hydrogens is 348 g/mol. The van der Waals surface area contributed by atoms with Crippen molar-refractivity contribution in [2.24, 2.45) is 5.73 Å². The van der Waals surface area contributed by atoms with Crippen LogP contribution >= 0.6 is 0 Å². The highest BCUT2D eigenvalue weighted by molar-refractivity contribution is 6.24. The molecule has 0 aromatic heterocycles. The molecule has 1 fully saturated rings. The van der Waals surface area contributed by atoms with E-state index in [9.17, 15) is 19.2 Å². The molecule has 2 heterocycles. The van der Waals surface area contributed by atoms with Gasteiger partial charge >= 0.3 is 0 Å². The molecule has 144 valence electrons. The van der Waals surface area contributed by atoms with Crippen LogP contribution in [0.5, 0.6) is 0 Å². The second kappa shape index (κ2) is 6.86. The number of piperidine rings is 1. The number of likely N-dealkylation sites (N-methyl/N-ethyl adjacent to an activating group) is 1.